The molecule has 0 N–H and O–H groups in total. The van der Waals surface area contributed by atoms with Crippen LogP contribution in [0.15, 0.2) is 42.6 Å². The van der Waals surface area contributed by atoms with E-state index in [9.17, 15) is 0 Å². The minimum atomic E-state index is 1.06. The van der Waals surface area contributed by atoms with Crippen molar-refractivity contribution in [3.8, 4) is 0 Å². The van der Waals surface area contributed by atoms with Crippen molar-refractivity contribution in [1.82, 2.24) is 4.98 Å². The van der Waals surface area contributed by atoms with E-state index in [4.69, 9.17) is 3.83 Å². The molecular weight excluding hydrogens is 202 g/mol. The van der Waals surface area contributed by atoms with E-state index in [1.165, 1.54) is 5.39 Å². The molecule has 1 aromatic carbocycles. The maximum atomic E-state index is 7.81. The molecule has 2 aromatic rings. The molecule has 0 amide bonds. The number of aromatic nitrogens is 1. The van der Waals surface area contributed by atoms with Gasteiger partial charge in [-0.1, -0.05) is 24.3 Å². The number of hydrogen-bond acceptors (Lipinski definition) is 2. The number of hydrogen-bond donors (Lipinski definition) is 0. The van der Waals surface area contributed by atoms with Gasteiger partial charge in [0.1, 0.15) is 0 Å². The van der Waals surface area contributed by atoms with Crippen molar-refractivity contribution < 1.29 is 19.8 Å². The number of nitrogens with zero attached hydrogens (tertiary/aromatic N) is 1. The van der Waals surface area contributed by atoms with Crippen LogP contribution in [0.2, 0.25) is 0 Å². The Kier molecular flexibility index (Phi) is 3.58. The van der Waals surface area contributed by atoms with Crippen LogP contribution in [0.1, 0.15) is 0 Å². The van der Waals surface area contributed by atoms with E-state index in [0.717, 1.165) is 5.52 Å². The zero-order chi connectivity index (χ0) is 8.81. The summed E-state index contributed by atoms with van der Waals surface area (Å²) in [5.41, 5.74) is 1.06. The van der Waals surface area contributed by atoms with Crippen molar-refractivity contribution in [3.63, 3.8) is 0 Å². The normalized spacial score (nSPS) is 8.83. The summed E-state index contributed by atoms with van der Waals surface area (Å²) in [7, 11) is 0. The van der Waals surface area contributed by atoms with E-state index >= 15 is 0 Å². The summed E-state index contributed by atoms with van der Waals surface area (Å²) in [5, 5.41) is 1.20. The largest absolute Gasteiger partial charge is 0.256 e. The molecule has 0 unspecified atom stereocenters. The molecule has 65 valence electrons. The van der Waals surface area contributed by atoms with E-state index < -0.39 is 0 Å². The van der Waals surface area contributed by atoms with E-state index in [1.54, 1.807) is 0 Å². The Morgan fingerprint density at radius 2 is 1.67 bits per heavy atom. The molecule has 0 aliphatic carbocycles. The van der Waals surface area contributed by atoms with Crippen molar-refractivity contribution in [2.24, 2.45) is 0 Å². The van der Waals surface area contributed by atoms with Crippen LogP contribution in [0.25, 0.3) is 10.9 Å². The molecule has 0 saturated heterocycles. The third-order valence-corrected chi connectivity index (χ3v) is 1.51. The Hall–Kier alpha value is -1.05. The standard InChI is InChI=1S/C9H7N.Cu.O/c1-2-6-9-8(4-1)5-3-7-10-9;;/h1-7H;;. The van der Waals surface area contributed by atoms with Crippen molar-refractivity contribution in [3.05, 3.63) is 42.6 Å². The molecule has 2 nitrogen and oxygen atoms in total. The maximum absolute atomic E-state index is 7.81. The Labute approximate surface area is 78.6 Å². The summed E-state index contributed by atoms with van der Waals surface area (Å²) >= 11 is 2.94. The van der Waals surface area contributed by atoms with Crippen molar-refractivity contribution in [2.45, 2.75) is 0 Å². The van der Waals surface area contributed by atoms with Crippen LogP contribution in [-0.2, 0) is 19.8 Å². The zero-order valence-corrected chi connectivity index (χ0v) is 7.14. The second-order valence-electron chi connectivity index (χ2n) is 2.20. The first-order chi connectivity index (χ1) is 5.97. The van der Waals surface area contributed by atoms with E-state index in [2.05, 4.69) is 33.1 Å². The molecule has 0 atom stereocenters. The number of rotatable bonds is 0. The van der Waals surface area contributed by atoms with Crippen molar-refractivity contribution in [2.75, 3.05) is 0 Å². The van der Waals surface area contributed by atoms with Gasteiger partial charge in [-0.05, 0) is 12.1 Å². The van der Waals surface area contributed by atoms with Crippen LogP contribution >= 0.6 is 0 Å². The molecule has 0 bridgehead atoms. The maximum Gasteiger partial charge on any atom is 0.0701 e. The molecule has 1 aromatic heterocycles. The summed E-state index contributed by atoms with van der Waals surface area (Å²) in [6.45, 7) is 0. The summed E-state index contributed by atoms with van der Waals surface area (Å²) in [5.74, 6) is 0. The predicted octanol–water partition coefficient (Wildman–Crippen LogP) is 2.11. The van der Waals surface area contributed by atoms with Gasteiger partial charge in [0.2, 0.25) is 0 Å². The molecule has 1 heterocycles. The van der Waals surface area contributed by atoms with E-state index in [1.807, 2.05) is 30.5 Å². The van der Waals surface area contributed by atoms with Gasteiger partial charge >= 0.3 is 19.8 Å². The number of pyridine rings is 1. The first-order valence-electron chi connectivity index (χ1n) is 3.39. The molecular formula is C9H7CuNO. The zero-order valence-electron chi connectivity index (χ0n) is 6.20. The van der Waals surface area contributed by atoms with Crippen LogP contribution in [-0.4, -0.2) is 4.98 Å². The summed E-state index contributed by atoms with van der Waals surface area (Å²) in [6, 6.07) is 12.1. The first-order valence-corrected chi connectivity index (χ1v) is 3.77. The van der Waals surface area contributed by atoms with Gasteiger partial charge in [0, 0.05) is 11.6 Å². The Bertz CT molecular complexity index is 299. The molecule has 12 heavy (non-hydrogen) atoms. The van der Waals surface area contributed by atoms with Crippen molar-refractivity contribution in [1.29, 1.82) is 0 Å². The van der Waals surface area contributed by atoms with Gasteiger partial charge in [-0.2, -0.15) is 0 Å². The first kappa shape index (κ1) is 9.04. The molecule has 0 radical (unpaired) electrons. The monoisotopic (exact) mass is 208 g/mol. The van der Waals surface area contributed by atoms with Crippen LogP contribution < -0.4 is 0 Å². The van der Waals surface area contributed by atoms with Crippen LogP contribution in [0, 0.1) is 0 Å². The molecule has 3 heteroatoms. The van der Waals surface area contributed by atoms with Gasteiger partial charge in [-0.15, -0.1) is 0 Å². The third kappa shape index (κ3) is 1.97. The van der Waals surface area contributed by atoms with Gasteiger partial charge < -0.3 is 0 Å². The SMILES string of the molecule is [O]=[Cu].c1ccc2ncccc2c1. The van der Waals surface area contributed by atoms with Gasteiger partial charge in [0.05, 0.1) is 5.52 Å². The third-order valence-electron chi connectivity index (χ3n) is 1.51. The molecule has 0 aliphatic rings. The molecule has 0 saturated carbocycles. The van der Waals surface area contributed by atoms with E-state index in [0.29, 0.717) is 0 Å². The van der Waals surface area contributed by atoms with Gasteiger partial charge in [-0.3, -0.25) is 4.98 Å². The Morgan fingerprint density at radius 1 is 1.00 bits per heavy atom. The number of fused-ring (bicyclic) bond motifs is 1. The number of para-hydroxylation sites is 1. The predicted molar refractivity (Wildman–Crippen MR) is 42.4 cm³/mol. The molecule has 2 rings (SSSR count). The Balaban J connectivity index is 0.000000336. The second kappa shape index (κ2) is 4.75. The van der Waals surface area contributed by atoms with Gasteiger partial charge in [0.15, 0.2) is 0 Å². The Morgan fingerprint density at radius 3 is 2.42 bits per heavy atom. The molecule has 0 spiro atoms. The average Bonchev–Trinajstić information content (AvgIpc) is 2.21. The fourth-order valence-corrected chi connectivity index (χ4v) is 1.02. The molecule has 0 aliphatic heterocycles. The van der Waals surface area contributed by atoms with Gasteiger partial charge in [-0.25, -0.2) is 0 Å². The number of benzene rings is 1. The van der Waals surface area contributed by atoms with Crippen LogP contribution in [0.4, 0.5) is 0 Å². The fraction of sp³-hybridized carbons (Fsp3) is 0. The van der Waals surface area contributed by atoms with Crippen LogP contribution in [0.3, 0.4) is 0 Å². The topological polar surface area (TPSA) is 30.0 Å². The fourth-order valence-electron chi connectivity index (χ4n) is 1.02. The van der Waals surface area contributed by atoms with Gasteiger partial charge in [0.25, 0.3) is 0 Å². The average molecular weight is 209 g/mol. The smallest absolute Gasteiger partial charge is 0.0701 e. The molecule has 0 fully saturated rings. The van der Waals surface area contributed by atoms with E-state index in [-0.39, 0.29) is 0 Å². The van der Waals surface area contributed by atoms with Crippen molar-refractivity contribution >= 4 is 10.9 Å². The minimum absolute atomic E-state index is 1.06. The summed E-state index contributed by atoms with van der Waals surface area (Å²) < 4.78 is 7.81. The summed E-state index contributed by atoms with van der Waals surface area (Å²) in [6.07, 6.45) is 1.81. The van der Waals surface area contributed by atoms with Crippen LogP contribution in [0.5, 0.6) is 0 Å². The summed E-state index contributed by atoms with van der Waals surface area (Å²) in [4.78, 5) is 4.18. The minimum Gasteiger partial charge on any atom is -0.256 e. The second-order valence-corrected chi connectivity index (χ2v) is 2.20. The quantitative estimate of drug-likeness (QED) is 0.621.